The van der Waals surface area contributed by atoms with Crippen LogP contribution in [-0.2, 0) is 19.5 Å². The second kappa shape index (κ2) is 6.92. The van der Waals surface area contributed by atoms with E-state index in [1.807, 2.05) is 4.90 Å². The molecule has 0 radical (unpaired) electrons. The van der Waals surface area contributed by atoms with Crippen molar-refractivity contribution in [3.8, 4) is 11.4 Å². The summed E-state index contributed by atoms with van der Waals surface area (Å²) in [7, 11) is 0. The smallest absolute Gasteiger partial charge is 0.254 e. The second-order valence-corrected chi connectivity index (χ2v) is 6.70. The molecule has 0 amide bonds. The monoisotopic (exact) mass is 368 g/mol. The van der Waals surface area contributed by atoms with Crippen molar-refractivity contribution in [1.82, 2.24) is 14.9 Å². The molecule has 4 rings (SSSR count). The number of nitrogens with one attached hydrogen (secondary N) is 1. The molecule has 0 saturated heterocycles. The number of hydrogen-bond donors (Lipinski definition) is 2. The van der Waals surface area contributed by atoms with Gasteiger partial charge in [-0.05, 0) is 48.4 Å². The first-order chi connectivity index (χ1) is 13.0. The molecule has 7 heteroatoms. The molecule has 138 valence electrons. The summed E-state index contributed by atoms with van der Waals surface area (Å²) in [5, 5.41) is 0. The lowest BCUT2D eigenvalue weighted by Gasteiger charge is -2.27. The summed E-state index contributed by atoms with van der Waals surface area (Å²) in [6.07, 6.45) is 0.539. The van der Waals surface area contributed by atoms with Crippen molar-refractivity contribution in [2.45, 2.75) is 19.5 Å². The summed E-state index contributed by atoms with van der Waals surface area (Å²) in [6, 6.07) is 10.6. The number of H-pyrrole nitrogens is 1. The lowest BCUT2D eigenvalue weighted by atomic mass is 10.0. The van der Waals surface area contributed by atoms with Crippen LogP contribution in [0.4, 0.5) is 14.5 Å². The van der Waals surface area contributed by atoms with Gasteiger partial charge in [0.2, 0.25) is 0 Å². The third-order valence-corrected chi connectivity index (χ3v) is 4.67. The molecular formula is C20H18F2N4O. The molecule has 3 aromatic rings. The van der Waals surface area contributed by atoms with E-state index in [-0.39, 0.29) is 5.56 Å². The summed E-state index contributed by atoms with van der Waals surface area (Å²) >= 11 is 0. The highest BCUT2D eigenvalue weighted by Gasteiger charge is 2.21. The minimum Gasteiger partial charge on any atom is -0.399 e. The Kier molecular flexibility index (Phi) is 4.45. The Morgan fingerprint density at radius 2 is 1.81 bits per heavy atom. The molecule has 0 bridgehead atoms. The van der Waals surface area contributed by atoms with E-state index in [1.165, 1.54) is 12.1 Å². The van der Waals surface area contributed by atoms with E-state index in [0.29, 0.717) is 54.4 Å². The van der Waals surface area contributed by atoms with Crippen LogP contribution in [0.25, 0.3) is 11.4 Å². The quantitative estimate of drug-likeness (QED) is 0.697. The first-order valence-electron chi connectivity index (χ1n) is 8.63. The maximum absolute atomic E-state index is 13.4. The van der Waals surface area contributed by atoms with Gasteiger partial charge < -0.3 is 10.7 Å². The zero-order valence-corrected chi connectivity index (χ0v) is 14.5. The number of rotatable bonds is 3. The van der Waals surface area contributed by atoms with Crippen molar-refractivity contribution in [3.63, 3.8) is 0 Å². The van der Waals surface area contributed by atoms with Crippen LogP contribution in [0.3, 0.4) is 0 Å². The predicted molar refractivity (Wildman–Crippen MR) is 98.9 cm³/mol. The highest BCUT2D eigenvalue weighted by Crippen LogP contribution is 2.21. The van der Waals surface area contributed by atoms with E-state index in [1.54, 1.807) is 24.3 Å². The maximum atomic E-state index is 13.4. The molecule has 2 heterocycles. The van der Waals surface area contributed by atoms with Crippen molar-refractivity contribution in [2.24, 2.45) is 0 Å². The minimum absolute atomic E-state index is 0.150. The van der Waals surface area contributed by atoms with E-state index in [9.17, 15) is 13.6 Å². The van der Waals surface area contributed by atoms with Crippen molar-refractivity contribution in [2.75, 3.05) is 12.3 Å². The lowest BCUT2D eigenvalue weighted by Crippen LogP contribution is -2.35. The Bertz CT molecular complexity index is 1030. The fourth-order valence-corrected chi connectivity index (χ4v) is 3.37. The Labute approximate surface area is 154 Å². The average molecular weight is 368 g/mol. The van der Waals surface area contributed by atoms with Gasteiger partial charge in [0.15, 0.2) is 0 Å². The number of anilines is 1. The molecule has 0 aliphatic carbocycles. The molecule has 0 saturated carbocycles. The van der Waals surface area contributed by atoms with Crippen molar-refractivity contribution in [1.29, 1.82) is 0 Å². The largest absolute Gasteiger partial charge is 0.399 e. The maximum Gasteiger partial charge on any atom is 0.254 e. The summed E-state index contributed by atoms with van der Waals surface area (Å²) in [5.41, 5.74) is 8.87. The molecule has 2 aromatic carbocycles. The van der Waals surface area contributed by atoms with Crippen LogP contribution < -0.4 is 11.3 Å². The van der Waals surface area contributed by atoms with Crippen LogP contribution in [0.2, 0.25) is 0 Å². The molecule has 5 nitrogen and oxygen atoms in total. The van der Waals surface area contributed by atoms with Crippen molar-refractivity contribution >= 4 is 5.69 Å². The minimum atomic E-state index is -0.595. The molecule has 0 fully saturated rings. The van der Waals surface area contributed by atoms with E-state index in [2.05, 4.69) is 9.97 Å². The van der Waals surface area contributed by atoms with Crippen LogP contribution in [-0.4, -0.2) is 21.4 Å². The Hall–Kier alpha value is -3.06. The topological polar surface area (TPSA) is 75.0 Å². The van der Waals surface area contributed by atoms with Gasteiger partial charge in [-0.1, -0.05) is 0 Å². The number of hydrogen-bond acceptors (Lipinski definition) is 4. The van der Waals surface area contributed by atoms with E-state index in [0.717, 1.165) is 11.6 Å². The number of halogens is 2. The Balaban J connectivity index is 1.61. The van der Waals surface area contributed by atoms with Crippen molar-refractivity contribution in [3.05, 3.63) is 81.3 Å². The first-order valence-corrected chi connectivity index (χ1v) is 8.63. The van der Waals surface area contributed by atoms with Gasteiger partial charge >= 0.3 is 0 Å². The van der Waals surface area contributed by atoms with Crippen LogP contribution in [0, 0.1) is 11.6 Å². The zero-order valence-electron chi connectivity index (χ0n) is 14.5. The van der Waals surface area contributed by atoms with Gasteiger partial charge in [0.25, 0.3) is 5.56 Å². The predicted octanol–water partition coefficient (Wildman–Crippen LogP) is 2.86. The van der Waals surface area contributed by atoms with Gasteiger partial charge in [0.1, 0.15) is 17.5 Å². The lowest BCUT2D eigenvalue weighted by molar-refractivity contribution is 0.240. The first kappa shape index (κ1) is 17.4. The van der Waals surface area contributed by atoms with E-state index >= 15 is 0 Å². The zero-order chi connectivity index (χ0) is 19.0. The summed E-state index contributed by atoms with van der Waals surface area (Å²) in [5.74, 6) is -0.706. The number of aromatic amines is 1. The SMILES string of the molecule is Nc1ccc(-c2nc3c(c(=O)[nH]2)CCN(Cc2cc(F)cc(F)c2)C3)cc1. The Morgan fingerprint density at radius 3 is 2.52 bits per heavy atom. The highest BCUT2D eigenvalue weighted by atomic mass is 19.1. The van der Waals surface area contributed by atoms with Crippen LogP contribution in [0.15, 0.2) is 47.3 Å². The standard InChI is InChI=1S/C20H18F2N4O/c21-14-7-12(8-15(22)9-14)10-26-6-5-17-18(11-26)24-19(25-20(17)27)13-1-3-16(23)4-2-13/h1-4,7-9H,5-6,10-11,23H2,(H,24,25,27). The Morgan fingerprint density at radius 1 is 1.11 bits per heavy atom. The molecule has 0 unspecified atom stereocenters. The van der Waals surface area contributed by atoms with Crippen LogP contribution in [0.1, 0.15) is 16.8 Å². The van der Waals surface area contributed by atoms with Gasteiger partial charge in [-0.25, -0.2) is 13.8 Å². The third kappa shape index (κ3) is 3.73. The van der Waals surface area contributed by atoms with Gasteiger partial charge in [-0.2, -0.15) is 0 Å². The number of nitrogen functional groups attached to an aromatic ring is 1. The molecule has 1 aliphatic heterocycles. The molecule has 0 spiro atoms. The van der Waals surface area contributed by atoms with Crippen LogP contribution >= 0.6 is 0 Å². The van der Waals surface area contributed by atoms with Gasteiger partial charge in [0.05, 0.1) is 5.69 Å². The number of benzene rings is 2. The average Bonchev–Trinajstić information content (AvgIpc) is 2.61. The molecule has 1 aromatic heterocycles. The highest BCUT2D eigenvalue weighted by molar-refractivity contribution is 5.58. The fraction of sp³-hybridized carbons (Fsp3) is 0.200. The summed E-state index contributed by atoms with van der Waals surface area (Å²) in [4.78, 5) is 21.9. The molecule has 1 aliphatic rings. The molecular weight excluding hydrogens is 350 g/mol. The molecule has 27 heavy (non-hydrogen) atoms. The fourth-order valence-electron chi connectivity index (χ4n) is 3.37. The molecule has 0 atom stereocenters. The van der Waals surface area contributed by atoms with Gasteiger partial charge in [-0.3, -0.25) is 9.69 Å². The number of nitrogens with zero attached hydrogens (tertiary/aromatic N) is 2. The summed E-state index contributed by atoms with van der Waals surface area (Å²) < 4.78 is 26.8. The van der Waals surface area contributed by atoms with Gasteiger partial charge in [-0.15, -0.1) is 0 Å². The van der Waals surface area contributed by atoms with Gasteiger partial charge in [0, 0.05) is 42.5 Å². The molecule has 3 N–H and O–H groups in total. The number of aromatic nitrogens is 2. The van der Waals surface area contributed by atoms with E-state index < -0.39 is 11.6 Å². The van der Waals surface area contributed by atoms with E-state index in [4.69, 9.17) is 5.73 Å². The second-order valence-electron chi connectivity index (χ2n) is 6.70. The van der Waals surface area contributed by atoms with Crippen molar-refractivity contribution < 1.29 is 8.78 Å². The number of fused-ring (bicyclic) bond motifs is 1. The third-order valence-electron chi connectivity index (χ3n) is 4.67. The normalized spacial score (nSPS) is 14.1. The number of nitrogens with two attached hydrogens (primary N) is 1. The summed E-state index contributed by atoms with van der Waals surface area (Å²) in [6.45, 7) is 1.45. The van der Waals surface area contributed by atoms with Crippen LogP contribution in [0.5, 0.6) is 0 Å².